The first-order valence-corrected chi connectivity index (χ1v) is 8.80. The Hall–Kier alpha value is -2.99. The molecule has 1 aliphatic heterocycles. The molecule has 140 valence electrons. The van der Waals surface area contributed by atoms with Gasteiger partial charge in [-0.2, -0.15) is 0 Å². The van der Waals surface area contributed by atoms with Crippen LogP contribution < -0.4 is 15.4 Å². The van der Waals surface area contributed by atoms with Crippen LogP contribution in [-0.4, -0.2) is 25.7 Å². The normalized spacial score (nSPS) is 16.4. The predicted molar refractivity (Wildman–Crippen MR) is 102 cm³/mol. The van der Waals surface area contributed by atoms with Crippen molar-refractivity contribution in [3.8, 4) is 5.75 Å². The molecule has 27 heavy (non-hydrogen) atoms. The first-order chi connectivity index (χ1) is 13.0. The minimum atomic E-state index is -0.776. The Kier molecular flexibility index (Phi) is 5.66. The van der Waals surface area contributed by atoms with Crippen molar-refractivity contribution >= 4 is 29.3 Å². The Morgan fingerprint density at radius 1 is 1.19 bits per heavy atom. The van der Waals surface area contributed by atoms with Crippen molar-refractivity contribution in [1.82, 2.24) is 10.6 Å². The number of benzene rings is 2. The van der Waals surface area contributed by atoms with E-state index < -0.39 is 18.0 Å². The van der Waals surface area contributed by atoms with Crippen LogP contribution >= 0.6 is 11.6 Å². The van der Waals surface area contributed by atoms with E-state index in [-0.39, 0.29) is 12.2 Å². The lowest BCUT2D eigenvalue weighted by atomic mass is 9.92. The molecule has 0 fully saturated rings. The zero-order valence-corrected chi connectivity index (χ0v) is 15.7. The third-order valence-electron chi connectivity index (χ3n) is 4.13. The molecule has 3 rings (SSSR count). The molecule has 1 heterocycles. The number of carbonyl (C=O) groups excluding carboxylic acids is 2. The number of hydrogen-bond donors (Lipinski definition) is 2. The molecule has 0 spiro atoms. The van der Waals surface area contributed by atoms with Crippen molar-refractivity contribution in [2.24, 2.45) is 0 Å². The SMILES string of the molecule is CCOC(=O)C1=C(c2ccccc2)NC(=O)N[C@H]1c1cc(Cl)ccc1OC. The lowest BCUT2D eigenvalue weighted by molar-refractivity contribution is -0.138. The monoisotopic (exact) mass is 386 g/mol. The van der Waals surface area contributed by atoms with Gasteiger partial charge in [0.2, 0.25) is 0 Å². The summed E-state index contributed by atoms with van der Waals surface area (Å²) in [6.07, 6.45) is 0. The number of rotatable bonds is 5. The van der Waals surface area contributed by atoms with Crippen LogP contribution in [0.25, 0.3) is 5.70 Å². The summed E-state index contributed by atoms with van der Waals surface area (Å²) in [5.74, 6) is -0.0308. The van der Waals surface area contributed by atoms with Crippen LogP contribution in [-0.2, 0) is 9.53 Å². The minimum absolute atomic E-state index is 0.206. The molecule has 6 nitrogen and oxygen atoms in total. The molecule has 0 aliphatic carbocycles. The molecule has 2 aromatic carbocycles. The van der Waals surface area contributed by atoms with Gasteiger partial charge in [-0.05, 0) is 30.7 Å². The smallest absolute Gasteiger partial charge is 0.338 e. The molecule has 0 saturated heterocycles. The molecule has 2 amide bonds. The number of carbonyl (C=O) groups is 2. The second-order valence-electron chi connectivity index (χ2n) is 5.79. The van der Waals surface area contributed by atoms with Crippen molar-refractivity contribution in [3.05, 3.63) is 70.3 Å². The Bertz CT molecular complexity index is 896. The molecule has 1 aliphatic rings. The fraction of sp³-hybridized carbons (Fsp3) is 0.200. The highest BCUT2D eigenvalue weighted by molar-refractivity contribution is 6.30. The zero-order chi connectivity index (χ0) is 19.4. The lowest BCUT2D eigenvalue weighted by Crippen LogP contribution is -2.45. The maximum atomic E-state index is 12.8. The molecule has 0 saturated carbocycles. The van der Waals surface area contributed by atoms with E-state index >= 15 is 0 Å². The zero-order valence-electron chi connectivity index (χ0n) is 14.9. The third kappa shape index (κ3) is 3.90. The maximum absolute atomic E-state index is 12.8. The molecule has 0 unspecified atom stereocenters. The van der Waals surface area contributed by atoms with Gasteiger partial charge in [0.25, 0.3) is 0 Å². The van der Waals surface area contributed by atoms with E-state index in [0.717, 1.165) is 0 Å². The van der Waals surface area contributed by atoms with Crippen LogP contribution in [0, 0.1) is 0 Å². The summed E-state index contributed by atoms with van der Waals surface area (Å²) in [5.41, 5.74) is 1.94. The standard InChI is InChI=1S/C20H19ClN2O4/c1-3-27-19(24)16-17(12-7-5-4-6-8-12)22-20(25)23-18(16)14-11-13(21)9-10-15(14)26-2/h4-11,18H,3H2,1-2H3,(H2,22,23,25)/t18-/m0/s1. The number of amides is 2. The number of esters is 1. The highest BCUT2D eigenvalue weighted by Crippen LogP contribution is 2.37. The number of ether oxygens (including phenoxy) is 2. The van der Waals surface area contributed by atoms with Gasteiger partial charge < -0.3 is 20.1 Å². The third-order valence-corrected chi connectivity index (χ3v) is 4.37. The molecule has 0 aromatic heterocycles. The fourth-order valence-electron chi connectivity index (χ4n) is 2.99. The largest absolute Gasteiger partial charge is 0.496 e. The van der Waals surface area contributed by atoms with E-state index in [1.165, 1.54) is 7.11 Å². The van der Waals surface area contributed by atoms with E-state index in [2.05, 4.69) is 10.6 Å². The van der Waals surface area contributed by atoms with Gasteiger partial charge in [0, 0.05) is 10.6 Å². The molecule has 7 heteroatoms. The van der Waals surface area contributed by atoms with Crippen molar-refractivity contribution in [2.45, 2.75) is 13.0 Å². The summed E-state index contributed by atoms with van der Waals surface area (Å²) in [7, 11) is 1.52. The summed E-state index contributed by atoms with van der Waals surface area (Å²) in [6.45, 7) is 1.93. The Morgan fingerprint density at radius 3 is 2.59 bits per heavy atom. The molecular weight excluding hydrogens is 368 g/mol. The minimum Gasteiger partial charge on any atom is -0.496 e. The number of hydrogen-bond acceptors (Lipinski definition) is 4. The number of halogens is 1. The van der Waals surface area contributed by atoms with Gasteiger partial charge in [0.15, 0.2) is 0 Å². The number of urea groups is 1. The molecular formula is C20H19ClN2O4. The average Bonchev–Trinajstić information content (AvgIpc) is 2.68. The van der Waals surface area contributed by atoms with Crippen molar-refractivity contribution in [3.63, 3.8) is 0 Å². The van der Waals surface area contributed by atoms with Gasteiger partial charge in [-0.25, -0.2) is 9.59 Å². The Labute approximate surface area is 162 Å². The van der Waals surface area contributed by atoms with Crippen molar-refractivity contribution < 1.29 is 19.1 Å². The predicted octanol–water partition coefficient (Wildman–Crippen LogP) is 3.68. The van der Waals surface area contributed by atoms with Crippen LogP contribution in [0.4, 0.5) is 4.79 Å². The van der Waals surface area contributed by atoms with E-state index in [1.54, 1.807) is 25.1 Å². The number of methoxy groups -OCH3 is 1. The number of nitrogens with one attached hydrogen (secondary N) is 2. The van der Waals surface area contributed by atoms with Gasteiger partial charge in [0.05, 0.1) is 31.0 Å². The summed E-state index contributed by atoms with van der Waals surface area (Å²) in [6, 6.07) is 13.0. The molecule has 0 bridgehead atoms. The maximum Gasteiger partial charge on any atom is 0.338 e. The van der Waals surface area contributed by atoms with Gasteiger partial charge in [-0.1, -0.05) is 41.9 Å². The van der Waals surface area contributed by atoms with E-state index in [1.807, 2.05) is 30.3 Å². The first-order valence-electron chi connectivity index (χ1n) is 8.42. The Balaban J connectivity index is 2.23. The van der Waals surface area contributed by atoms with Crippen LogP contribution in [0.15, 0.2) is 54.1 Å². The second-order valence-corrected chi connectivity index (χ2v) is 6.23. The van der Waals surface area contributed by atoms with E-state index in [9.17, 15) is 9.59 Å². The quantitative estimate of drug-likeness (QED) is 0.768. The average molecular weight is 387 g/mol. The summed E-state index contributed by atoms with van der Waals surface area (Å²) < 4.78 is 10.7. The van der Waals surface area contributed by atoms with E-state index in [4.69, 9.17) is 21.1 Å². The van der Waals surface area contributed by atoms with Crippen LogP contribution in [0.2, 0.25) is 5.02 Å². The highest BCUT2D eigenvalue weighted by atomic mass is 35.5. The molecule has 0 radical (unpaired) electrons. The lowest BCUT2D eigenvalue weighted by Gasteiger charge is -2.30. The van der Waals surface area contributed by atoms with Gasteiger partial charge >= 0.3 is 12.0 Å². The van der Waals surface area contributed by atoms with E-state index in [0.29, 0.717) is 27.6 Å². The summed E-state index contributed by atoms with van der Waals surface area (Å²) >= 11 is 6.16. The molecule has 1 atom stereocenters. The molecule has 2 aromatic rings. The van der Waals surface area contributed by atoms with Crippen LogP contribution in [0.5, 0.6) is 5.75 Å². The van der Waals surface area contributed by atoms with Crippen molar-refractivity contribution in [1.29, 1.82) is 0 Å². The first kappa shape index (κ1) is 18.8. The van der Waals surface area contributed by atoms with Crippen molar-refractivity contribution in [2.75, 3.05) is 13.7 Å². The van der Waals surface area contributed by atoms with Crippen LogP contribution in [0.3, 0.4) is 0 Å². The highest BCUT2D eigenvalue weighted by Gasteiger charge is 2.35. The van der Waals surface area contributed by atoms with Gasteiger partial charge in [-0.15, -0.1) is 0 Å². The Morgan fingerprint density at radius 2 is 1.93 bits per heavy atom. The second kappa shape index (κ2) is 8.14. The topological polar surface area (TPSA) is 76.7 Å². The summed E-state index contributed by atoms with van der Waals surface area (Å²) in [5, 5.41) is 5.97. The van der Waals surface area contributed by atoms with Gasteiger partial charge in [0.1, 0.15) is 5.75 Å². The van der Waals surface area contributed by atoms with Crippen LogP contribution in [0.1, 0.15) is 24.1 Å². The molecule has 2 N–H and O–H groups in total. The summed E-state index contributed by atoms with van der Waals surface area (Å²) in [4.78, 5) is 25.2. The van der Waals surface area contributed by atoms with Gasteiger partial charge in [-0.3, -0.25) is 0 Å². The fourth-order valence-corrected chi connectivity index (χ4v) is 3.17.